The molecule has 0 unspecified atom stereocenters. The van der Waals surface area contributed by atoms with Crippen molar-refractivity contribution in [1.82, 2.24) is 4.98 Å². The molecular weight excluding hydrogens is 257 g/mol. The zero-order chi connectivity index (χ0) is 13.2. The van der Waals surface area contributed by atoms with Crippen molar-refractivity contribution in [2.24, 2.45) is 0 Å². The van der Waals surface area contributed by atoms with Crippen molar-refractivity contribution in [2.45, 2.75) is 0 Å². The predicted molar refractivity (Wildman–Crippen MR) is 61.3 cm³/mol. The highest BCUT2D eigenvalue weighted by Crippen LogP contribution is 2.23. The number of fused-ring (bicyclic) bond motifs is 1. The van der Waals surface area contributed by atoms with Gasteiger partial charge in [-0.25, -0.2) is 0 Å². The number of carbonyl (C=O) groups is 1. The molecule has 6 nitrogen and oxygen atoms in total. The summed E-state index contributed by atoms with van der Waals surface area (Å²) >= 11 is 0. The fourth-order valence-electron chi connectivity index (χ4n) is 1.55. The molecule has 7 heteroatoms. The van der Waals surface area contributed by atoms with Gasteiger partial charge in [-0.1, -0.05) is 7.60 Å². The lowest BCUT2D eigenvalue weighted by molar-refractivity contribution is -0.312. The molecule has 0 radical (unpaired) electrons. The minimum Gasteiger partial charge on any atom is -0.810 e. The smallest absolute Gasteiger partial charge is 0.175 e. The average Bonchev–Trinajstić information content (AvgIpc) is 2.71. The molecule has 2 aromatic rings. The highest BCUT2D eigenvalue weighted by Gasteiger charge is 2.06. The molecule has 1 aromatic heterocycles. The number of ether oxygens (including phenoxy) is 1. The number of aromatic amines is 1. The number of hydrogen-bond acceptors (Lipinski definition) is 5. The predicted octanol–water partition coefficient (Wildman–Crippen LogP) is 0.0295. The van der Waals surface area contributed by atoms with Crippen LogP contribution in [0, 0.1) is 0 Å². The normalized spacial score (nSPS) is 11.7. The first-order valence-corrected chi connectivity index (χ1v) is 6.89. The van der Waals surface area contributed by atoms with E-state index < -0.39 is 26.1 Å². The van der Waals surface area contributed by atoms with Gasteiger partial charge in [-0.15, -0.1) is 0 Å². The number of carbonyl (C=O) groups excluding carboxylic acids is 1. The van der Waals surface area contributed by atoms with Gasteiger partial charge < -0.3 is 24.1 Å². The molecule has 0 bridgehead atoms. The van der Waals surface area contributed by atoms with Crippen molar-refractivity contribution in [3.8, 4) is 5.75 Å². The Morgan fingerprint density at radius 1 is 1.33 bits per heavy atom. The summed E-state index contributed by atoms with van der Waals surface area (Å²) in [6.07, 6.45) is 0.754. The second-order valence-corrected chi connectivity index (χ2v) is 5.36. The Morgan fingerprint density at radius 3 is 2.83 bits per heavy atom. The summed E-state index contributed by atoms with van der Waals surface area (Å²) < 4.78 is 15.5. The van der Waals surface area contributed by atoms with Gasteiger partial charge in [-0.2, -0.15) is 0 Å². The van der Waals surface area contributed by atoms with Crippen LogP contribution >= 0.6 is 7.60 Å². The quantitative estimate of drug-likeness (QED) is 0.769. The van der Waals surface area contributed by atoms with Gasteiger partial charge in [-0.05, 0) is 24.3 Å². The van der Waals surface area contributed by atoms with Crippen molar-refractivity contribution in [3.05, 3.63) is 30.5 Å². The first-order valence-electron chi connectivity index (χ1n) is 5.17. The Bertz CT molecular complexity index is 615. The second kappa shape index (κ2) is 4.94. The van der Waals surface area contributed by atoms with Gasteiger partial charge >= 0.3 is 0 Å². The summed E-state index contributed by atoms with van der Waals surface area (Å²) in [4.78, 5) is 34.9. The van der Waals surface area contributed by atoms with Gasteiger partial charge in [0.15, 0.2) is 5.78 Å². The maximum atomic E-state index is 11.1. The first kappa shape index (κ1) is 12.8. The lowest BCUT2D eigenvalue weighted by Crippen LogP contribution is -2.25. The molecule has 96 valence electrons. The summed E-state index contributed by atoms with van der Waals surface area (Å²) in [6, 6.07) is 6.99. The number of hydrogen-bond donors (Lipinski definition) is 1. The molecule has 0 fully saturated rings. The highest BCUT2D eigenvalue weighted by molar-refractivity contribution is 7.49. The maximum absolute atomic E-state index is 11.1. The van der Waals surface area contributed by atoms with E-state index in [1.165, 1.54) is 0 Å². The van der Waals surface area contributed by atoms with Gasteiger partial charge in [0.05, 0.1) is 0 Å². The van der Waals surface area contributed by atoms with Gasteiger partial charge in [0.2, 0.25) is 0 Å². The van der Waals surface area contributed by atoms with E-state index in [0.717, 1.165) is 10.9 Å². The summed E-state index contributed by atoms with van der Waals surface area (Å²) in [5.41, 5.74) is 0.928. The molecule has 0 atom stereocenters. The molecule has 0 aliphatic rings. The Balaban J connectivity index is 1.97. The highest BCUT2D eigenvalue weighted by atomic mass is 31.2. The molecule has 1 N–H and O–H groups in total. The third-order valence-corrected chi connectivity index (χ3v) is 3.03. The van der Waals surface area contributed by atoms with Gasteiger partial charge in [0.25, 0.3) is 0 Å². The monoisotopic (exact) mass is 267 g/mol. The van der Waals surface area contributed by atoms with E-state index in [9.17, 15) is 19.1 Å². The fraction of sp³-hybridized carbons (Fsp3) is 0.182. The van der Waals surface area contributed by atoms with E-state index in [4.69, 9.17) is 4.74 Å². The zero-order valence-electron chi connectivity index (χ0n) is 9.29. The van der Waals surface area contributed by atoms with Crippen LogP contribution in [-0.2, 0) is 9.36 Å². The molecule has 0 saturated carbocycles. The Morgan fingerprint density at radius 2 is 2.11 bits per heavy atom. The molecule has 0 spiro atoms. The number of nitrogens with one attached hydrogen (secondary N) is 1. The number of benzene rings is 1. The summed E-state index contributed by atoms with van der Waals surface area (Å²) in [6.45, 7) is -0.426. The van der Waals surface area contributed by atoms with Crippen LogP contribution in [0.4, 0.5) is 0 Å². The second-order valence-electron chi connectivity index (χ2n) is 3.82. The summed E-state index contributed by atoms with van der Waals surface area (Å²) in [5.74, 6) is -0.306. The molecule has 1 aromatic carbocycles. The van der Waals surface area contributed by atoms with Gasteiger partial charge in [-0.3, -0.25) is 4.79 Å². The number of ketones is 1. The maximum Gasteiger partial charge on any atom is 0.175 e. The fourth-order valence-corrected chi connectivity index (χ4v) is 2.07. The van der Waals surface area contributed by atoms with E-state index in [1.54, 1.807) is 24.4 Å². The number of Topliss-reactive ketones (excluding diaryl/α,β-unsaturated/α-hetero) is 1. The zero-order valence-corrected chi connectivity index (χ0v) is 10.2. The van der Waals surface area contributed by atoms with E-state index >= 15 is 0 Å². The van der Waals surface area contributed by atoms with Crippen molar-refractivity contribution in [3.63, 3.8) is 0 Å². The number of rotatable bonds is 5. The molecular formula is C11H10NO5P-2. The third kappa shape index (κ3) is 3.43. The van der Waals surface area contributed by atoms with Crippen LogP contribution in [0.25, 0.3) is 10.9 Å². The molecule has 2 rings (SSSR count). The van der Waals surface area contributed by atoms with Crippen LogP contribution in [0.15, 0.2) is 30.5 Å². The van der Waals surface area contributed by atoms with Crippen molar-refractivity contribution in [2.75, 3.05) is 12.8 Å². The molecule has 0 aliphatic heterocycles. The number of H-pyrrole nitrogens is 1. The Kier molecular flexibility index (Phi) is 3.52. The van der Waals surface area contributed by atoms with Crippen LogP contribution in [0.1, 0.15) is 0 Å². The lowest BCUT2D eigenvalue weighted by Gasteiger charge is -2.28. The summed E-state index contributed by atoms with van der Waals surface area (Å²) in [7, 11) is -4.81. The van der Waals surface area contributed by atoms with Crippen molar-refractivity contribution in [1.29, 1.82) is 0 Å². The largest absolute Gasteiger partial charge is 0.810 e. The van der Waals surface area contributed by atoms with Crippen LogP contribution in [0.2, 0.25) is 0 Å². The van der Waals surface area contributed by atoms with E-state index in [1.807, 2.05) is 6.07 Å². The van der Waals surface area contributed by atoms with Crippen LogP contribution in [0.5, 0.6) is 5.75 Å². The van der Waals surface area contributed by atoms with Crippen molar-refractivity contribution < 1.29 is 23.9 Å². The molecule has 0 aliphatic carbocycles. The topological polar surface area (TPSA) is 105 Å². The third-order valence-electron chi connectivity index (χ3n) is 2.29. The van der Waals surface area contributed by atoms with Crippen LogP contribution in [0.3, 0.4) is 0 Å². The first-order chi connectivity index (χ1) is 8.44. The SMILES string of the molecule is O=C(COc1ccc2[nH]ccc2c1)CP(=O)([O-])[O-]. The van der Waals surface area contributed by atoms with E-state index in [-0.39, 0.29) is 0 Å². The van der Waals surface area contributed by atoms with Crippen molar-refractivity contribution >= 4 is 24.3 Å². The molecule has 1 heterocycles. The minimum absolute atomic E-state index is 0.426. The van der Waals surface area contributed by atoms with E-state index in [2.05, 4.69) is 4.98 Å². The lowest BCUT2D eigenvalue weighted by atomic mass is 10.2. The Labute approximate surface area is 103 Å². The Hall–Kier alpha value is -1.62. The molecule has 0 amide bonds. The number of aromatic nitrogens is 1. The average molecular weight is 267 g/mol. The van der Waals surface area contributed by atoms with Gasteiger partial charge in [0, 0.05) is 23.3 Å². The standard InChI is InChI=1S/C11H12NO5P/c13-9(7-18(14,15)16)6-17-10-1-2-11-8(5-10)3-4-12-11/h1-5,12H,6-7H2,(H2,14,15,16)/p-2. The molecule has 0 saturated heterocycles. The minimum atomic E-state index is -4.81. The van der Waals surface area contributed by atoms with Crippen LogP contribution in [-0.4, -0.2) is 23.5 Å². The van der Waals surface area contributed by atoms with Crippen LogP contribution < -0.4 is 14.5 Å². The van der Waals surface area contributed by atoms with E-state index in [0.29, 0.717) is 5.75 Å². The van der Waals surface area contributed by atoms with Gasteiger partial charge in [0.1, 0.15) is 12.4 Å². The molecule has 18 heavy (non-hydrogen) atoms. The summed E-state index contributed by atoms with van der Waals surface area (Å²) in [5, 5.41) is 0.915.